The molecule has 1 N–H and O–H groups in total. The molecule has 0 radical (unpaired) electrons. The van der Waals surface area contributed by atoms with E-state index in [0.717, 1.165) is 71.5 Å². The minimum absolute atomic E-state index is 0. The molecule has 3 aliphatic heterocycles. The number of hydrogen-bond donors (Lipinski definition) is 1. The summed E-state index contributed by atoms with van der Waals surface area (Å²) in [6.45, 7) is 16.9. The lowest BCUT2D eigenvalue weighted by Gasteiger charge is -2.34. The molecule has 0 aromatic heterocycles. The Morgan fingerprint density at radius 3 is 2.45 bits per heavy atom. The minimum atomic E-state index is 0. The van der Waals surface area contributed by atoms with Crippen LogP contribution in [0.3, 0.4) is 0 Å². The molecular weight excluding hydrogens is 501 g/mol. The average Bonchev–Trinajstić information content (AvgIpc) is 3.42. The monoisotopic (exact) mass is 541 g/mol. The Hall–Kier alpha value is -0.900. The summed E-state index contributed by atoms with van der Waals surface area (Å²) in [5.74, 6) is 1.06. The highest BCUT2D eigenvalue weighted by molar-refractivity contribution is 14.0. The summed E-state index contributed by atoms with van der Waals surface area (Å²) in [6, 6.07) is 8.85. The van der Waals surface area contributed by atoms with E-state index in [1.54, 1.807) is 0 Å². The van der Waals surface area contributed by atoms with Crippen molar-refractivity contribution in [2.75, 3.05) is 65.6 Å². The van der Waals surface area contributed by atoms with Gasteiger partial charge in [-0.2, -0.15) is 0 Å². The van der Waals surface area contributed by atoms with E-state index in [4.69, 9.17) is 9.73 Å². The zero-order valence-electron chi connectivity index (χ0n) is 19.3. The molecule has 3 heterocycles. The van der Waals surface area contributed by atoms with E-state index < -0.39 is 0 Å². The van der Waals surface area contributed by atoms with E-state index in [-0.39, 0.29) is 24.0 Å². The topological polar surface area (TPSA) is 43.3 Å². The first kappa shape index (κ1) is 24.7. The van der Waals surface area contributed by atoms with Gasteiger partial charge in [-0.15, -0.1) is 24.0 Å². The van der Waals surface area contributed by atoms with Crippen molar-refractivity contribution in [1.29, 1.82) is 0 Å². The van der Waals surface area contributed by atoms with Crippen molar-refractivity contribution in [2.45, 2.75) is 39.8 Å². The van der Waals surface area contributed by atoms with Crippen molar-refractivity contribution in [3.05, 3.63) is 35.4 Å². The lowest BCUT2D eigenvalue weighted by Crippen LogP contribution is -2.45. The highest BCUT2D eigenvalue weighted by atomic mass is 127. The summed E-state index contributed by atoms with van der Waals surface area (Å²) < 4.78 is 5.71. The molecule has 0 bridgehead atoms. The standard InChI is InChI=1S/C24H39N5O.HI/c1-3-25-23(29-11-9-24(19-29)10-16-30-20-24)26-17-21-7-5-6-8-22(21)18-28-14-12-27(4-2)13-15-28;/h5-8H,3-4,9-20H2,1-2H3,(H,25,26);1H. The molecule has 0 aliphatic carbocycles. The van der Waals surface area contributed by atoms with Crippen LogP contribution in [0.25, 0.3) is 0 Å². The summed E-state index contributed by atoms with van der Waals surface area (Å²) in [5.41, 5.74) is 3.13. The number of halogens is 1. The summed E-state index contributed by atoms with van der Waals surface area (Å²) in [6.07, 6.45) is 2.41. The zero-order chi connectivity index (χ0) is 20.8. The van der Waals surface area contributed by atoms with Crippen LogP contribution in [-0.4, -0.2) is 86.2 Å². The van der Waals surface area contributed by atoms with Crippen molar-refractivity contribution >= 4 is 29.9 Å². The maximum absolute atomic E-state index is 5.71. The molecule has 0 saturated carbocycles. The van der Waals surface area contributed by atoms with Gasteiger partial charge in [0.15, 0.2) is 5.96 Å². The third-order valence-electron chi connectivity index (χ3n) is 7.08. The van der Waals surface area contributed by atoms with Crippen LogP contribution in [0.2, 0.25) is 0 Å². The number of aliphatic imine (C=N–C) groups is 1. The van der Waals surface area contributed by atoms with Crippen molar-refractivity contribution in [1.82, 2.24) is 20.0 Å². The SMILES string of the molecule is CCNC(=NCc1ccccc1CN1CCN(CC)CC1)N1CCC2(CCOC2)C1.I. The van der Waals surface area contributed by atoms with E-state index in [1.165, 1.54) is 37.1 Å². The molecular formula is C24H40IN5O. The Morgan fingerprint density at radius 2 is 1.77 bits per heavy atom. The molecule has 3 fully saturated rings. The van der Waals surface area contributed by atoms with Crippen molar-refractivity contribution in [3.63, 3.8) is 0 Å². The number of rotatable bonds is 6. The molecule has 3 aliphatic rings. The number of nitrogens with zero attached hydrogens (tertiary/aromatic N) is 4. The van der Waals surface area contributed by atoms with Gasteiger partial charge in [0, 0.05) is 64.4 Å². The molecule has 4 rings (SSSR count). The first-order chi connectivity index (χ1) is 14.7. The molecule has 174 valence electrons. The lowest BCUT2D eigenvalue weighted by molar-refractivity contribution is 0.131. The zero-order valence-corrected chi connectivity index (χ0v) is 21.6. The van der Waals surface area contributed by atoms with Gasteiger partial charge in [-0.05, 0) is 37.4 Å². The summed E-state index contributed by atoms with van der Waals surface area (Å²) in [4.78, 5) is 12.6. The Labute approximate surface area is 205 Å². The Kier molecular flexibility index (Phi) is 9.43. The number of nitrogens with one attached hydrogen (secondary N) is 1. The Bertz CT molecular complexity index is 714. The largest absolute Gasteiger partial charge is 0.381 e. The van der Waals surface area contributed by atoms with Crippen LogP contribution in [0, 0.1) is 5.41 Å². The number of likely N-dealkylation sites (tertiary alicyclic amines) is 1. The maximum atomic E-state index is 5.71. The first-order valence-corrected chi connectivity index (χ1v) is 11.8. The van der Waals surface area contributed by atoms with Crippen LogP contribution < -0.4 is 5.32 Å². The van der Waals surface area contributed by atoms with Crippen LogP contribution in [0.1, 0.15) is 37.8 Å². The second kappa shape index (κ2) is 11.8. The van der Waals surface area contributed by atoms with E-state index >= 15 is 0 Å². The van der Waals surface area contributed by atoms with Crippen molar-refractivity contribution in [2.24, 2.45) is 10.4 Å². The van der Waals surface area contributed by atoms with Crippen molar-refractivity contribution < 1.29 is 4.74 Å². The number of ether oxygens (including phenoxy) is 1. The fourth-order valence-electron chi connectivity index (χ4n) is 5.04. The molecule has 1 atom stereocenters. The summed E-state index contributed by atoms with van der Waals surface area (Å²) in [7, 11) is 0. The lowest BCUT2D eigenvalue weighted by atomic mass is 9.87. The molecule has 3 saturated heterocycles. The van der Waals surface area contributed by atoms with Gasteiger partial charge in [-0.25, -0.2) is 4.99 Å². The van der Waals surface area contributed by atoms with Gasteiger partial charge in [0.1, 0.15) is 0 Å². The summed E-state index contributed by atoms with van der Waals surface area (Å²) in [5, 5.41) is 3.53. The fraction of sp³-hybridized carbons (Fsp3) is 0.708. The van der Waals surface area contributed by atoms with Gasteiger partial charge >= 0.3 is 0 Å². The van der Waals surface area contributed by atoms with Gasteiger partial charge in [-0.3, -0.25) is 4.90 Å². The van der Waals surface area contributed by atoms with Crippen LogP contribution in [-0.2, 0) is 17.8 Å². The minimum Gasteiger partial charge on any atom is -0.381 e. The third kappa shape index (κ3) is 6.33. The molecule has 7 heteroatoms. The van der Waals surface area contributed by atoms with E-state index in [2.05, 4.69) is 58.1 Å². The van der Waals surface area contributed by atoms with Gasteiger partial charge in [0.25, 0.3) is 0 Å². The highest BCUT2D eigenvalue weighted by Gasteiger charge is 2.42. The van der Waals surface area contributed by atoms with Gasteiger partial charge in [0.2, 0.25) is 0 Å². The third-order valence-corrected chi connectivity index (χ3v) is 7.08. The fourth-order valence-corrected chi connectivity index (χ4v) is 5.04. The smallest absolute Gasteiger partial charge is 0.194 e. The number of piperazine rings is 1. The number of likely N-dealkylation sites (N-methyl/N-ethyl adjacent to an activating group) is 1. The molecule has 1 aromatic rings. The summed E-state index contributed by atoms with van der Waals surface area (Å²) >= 11 is 0. The first-order valence-electron chi connectivity index (χ1n) is 11.8. The number of hydrogen-bond acceptors (Lipinski definition) is 4. The molecule has 0 amide bonds. The molecule has 1 aromatic carbocycles. The second-order valence-corrected chi connectivity index (χ2v) is 9.12. The highest BCUT2D eigenvalue weighted by Crippen LogP contribution is 2.38. The van der Waals surface area contributed by atoms with Crippen molar-refractivity contribution in [3.8, 4) is 0 Å². The normalized spacial score (nSPS) is 25.2. The van der Waals surface area contributed by atoms with E-state index in [0.29, 0.717) is 5.41 Å². The predicted octanol–water partition coefficient (Wildman–Crippen LogP) is 3.02. The van der Waals surface area contributed by atoms with Gasteiger partial charge in [-0.1, -0.05) is 31.2 Å². The van der Waals surface area contributed by atoms with E-state index in [1.807, 2.05) is 0 Å². The molecule has 6 nitrogen and oxygen atoms in total. The number of guanidine groups is 1. The van der Waals surface area contributed by atoms with Gasteiger partial charge < -0.3 is 19.9 Å². The Morgan fingerprint density at radius 1 is 1.03 bits per heavy atom. The van der Waals surface area contributed by atoms with Crippen LogP contribution >= 0.6 is 24.0 Å². The molecule has 31 heavy (non-hydrogen) atoms. The van der Waals surface area contributed by atoms with E-state index in [9.17, 15) is 0 Å². The second-order valence-electron chi connectivity index (χ2n) is 9.12. The maximum Gasteiger partial charge on any atom is 0.194 e. The average molecular weight is 542 g/mol. The molecule has 1 unspecified atom stereocenters. The Balaban J connectivity index is 0.00000272. The van der Waals surface area contributed by atoms with Gasteiger partial charge in [0.05, 0.1) is 13.2 Å². The number of benzene rings is 1. The quantitative estimate of drug-likeness (QED) is 0.341. The van der Waals surface area contributed by atoms with Crippen LogP contribution in [0.4, 0.5) is 0 Å². The van der Waals surface area contributed by atoms with Crippen LogP contribution in [0.15, 0.2) is 29.3 Å². The van der Waals surface area contributed by atoms with Crippen LogP contribution in [0.5, 0.6) is 0 Å². The predicted molar refractivity (Wildman–Crippen MR) is 138 cm³/mol. The molecule has 1 spiro atoms.